The van der Waals surface area contributed by atoms with Crippen LogP contribution in [-0.2, 0) is 0 Å². The number of hydrogen-bond donors (Lipinski definition) is 4. The third-order valence-corrected chi connectivity index (χ3v) is 6.17. The Labute approximate surface area is 196 Å². The van der Waals surface area contributed by atoms with E-state index < -0.39 is 11.7 Å². The van der Waals surface area contributed by atoms with E-state index in [0.29, 0.717) is 5.69 Å². The Morgan fingerprint density at radius 1 is 1.03 bits per heavy atom. The lowest BCUT2D eigenvalue weighted by atomic mass is 9.91. The number of rotatable bonds is 6. The van der Waals surface area contributed by atoms with Gasteiger partial charge in [-0.15, -0.1) is 0 Å². The molecule has 0 aliphatic heterocycles. The Kier molecular flexibility index (Phi) is 5.85. The Balaban J connectivity index is 1.45. The molecule has 0 unspecified atom stereocenters. The fourth-order valence-corrected chi connectivity index (χ4v) is 4.34. The lowest BCUT2D eigenvalue weighted by molar-refractivity contribution is 0.100. The molecular formula is C25H26FN7O. The molecule has 0 bridgehead atoms. The second-order valence-electron chi connectivity index (χ2n) is 8.58. The van der Waals surface area contributed by atoms with Crippen molar-refractivity contribution in [3.05, 3.63) is 72.3 Å². The number of anilines is 3. The van der Waals surface area contributed by atoms with Gasteiger partial charge < -0.3 is 26.5 Å². The monoisotopic (exact) mass is 459 g/mol. The number of nitrogens with zero attached hydrogens (tertiary/aromatic N) is 3. The minimum Gasteiger partial charge on any atom is -0.365 e. The predicted molar refractivity (Wildman–Crippen MR) is 130 cm³/mol. The maximum atomic E-state index is 14.8. The van der Waals surface area contributed by atoms with E-state index in [0.717, 1.165) is 48.7 Å². The number of aromatic nitrogens is 3. The van der Waals surface area contributed by atoms with Crippen LogP contribution >= 0.6 is 0 Å². The van der Waals surface area contributed by atoms with Crippen LogP contribution in [0.5, 0.6) is 0 Å². The molecule has 0 spiro atoms. The fraction of sp³-hybridized carbons (Fsp3) is 0.240. The van der Waals surface area contributed by atoms with E-state index in [1.807, 2.05) is 59.3 Å². The molecule has 8 nitrogen and oxygen atoms in total. The third kappa shape index (κ3) is 4.42. The molecule has 5 rings (SSSR count). The summed E-state index contributed by atoms with van der Waals surface area (Å²) in [5.74, 6) is -1.20. The highest BCUT2D eigenvalue weighted by Crippen LogP contribution is 2.27. The minimum absolute atomic E-state index is 0.0355. The normalized spacial score (nSPS) is 18.1. The minimum atomic E-state index is -0.773. The predicted octanol–water partition coefficient (Wildman–Crippen LogP) is 4.06. The molecule has 1 fully saturated rings. The van der Waals surface area contributed by atoms with Gasteiger partial charge in [0.2, 0.25) is 0 Å². The van der Waals surface area contributed by atoms with Gasteiger partial charge >= 0.3 is 0 Å². The number of nitrogens with one attached hydrogen (secondary N) is 2. The number of primary amides is 1. The number of hydrogen-bond acceptors (Lipinski definition) is 6. The van der Waals surface area contributed by atoms with Crippen molar-refractivity contribution in [3.63, 3.8) is 0 Å². The Morgan fingerprint density at radius 2 is 1.82 bits per heavy atom. The summed E-state index contributed by atoms with van der Waals surface area (Å²) in [7, 11) is 0. The van der Waals surface area contributed by atoms with Crippen LogP contribution in [0.3, 0.4) is 0 Å². The van der Waals surface area contributed by atoms with Gasteiger partial charge in [0.25, 0.3) is 5.91 Å². The smallest absolute Gasteiger partial charge is 0.252 e. The van der Waals surface area contributed by atoms with Crippen molar-refractivity contribution in [2.24, 2.45) is 11.5 Å². The van der Waals surface area contributed by atoms with Gasteiger partial charge in [0.15, 0.2) is 11.6 Å². The molecule has 0 saturated heterocycles. The Morgan fingerprint density at radius 3 is 2.59 bits per heavy atom. The average molecular weight is 460 g/mol. The van der Waals surface area contributed by atoms with Crippen molar-refractivity contribution in [1.29, 1.82) is 0 Å². The van der Waals surface area contributed by atoms with E-state index in [1.165, 1.54) is 0 Å². The van der Waals surface area contributed by atoms with Crippen LogP contribution in [0.2, 0.25) is 0 Å². The van der Waals surface area contributed by atoms with Crippen LogP contribution in [0.15, 0.2) is 60.9 Å². The standard InChI is InChI=1S/C25H26FN7O/c26-18-12-17(23(28)34)24(32-25(18)31-20-9-5-4-8-19(20)27)29-16-10-11-22-30-21(14-33(22)13-16)15-6-2-1-3-7-15/h1-3,6-7,10-14,19-20H,4-5,8-9,27H2,(H2,28,34)(H2,29,31,32)/t19-,20+/m0/s1. The van der Waals surface area contributed by atoms with Crippen molar-refractivity contribution in [3.8, 4) is 11.3 Å². The van der Waals surface area contributed by atoms with Gasteiger partial charge in [0.05, 0.1) is 16.9 Å². The molecule has 9 heteroatoms. The summed E-state index contributed by atoms with van der Waals surface area (Å²) in [4.78, 5) is 21.0. The Bertz CT molecular complexity index is 1340. The average Bonchev–Trinajstić information content (AvgIpc) is 3.26. The van der Waals surface area contributed by atoms with E-state index in [9.17, 15) is 9.18 Å². The summed E-state index contributed by atoms with van der Waals surface area (Å²) in [6, 6.07) is 14.5. The zero-order chi connectivity index (χ0) is 23.7. The second kappa shape index (κ2) is 9.11. The summed E-state index contributed by atoms with van der Waals surface area (Å²) in [6.07, 6.45) is 7.54. The molecule has 4 aromatic rings. The number of halogens is 1. The highest BCUT2D eigenvalue weighted by molar-refractivity contribution is 5.98. The number of carbonyl (C=O) groups is 1. The Hall–Kier alpha value is -3.98. The third-order valence-electron chi connectivity index (χ3n) is 6.17. The highest BCUT2D eigenvalue weighted by atomic mass is 19.1. The van der Waals surface area contributed by atoms with Crippen LogP contribution in [0, 0.1) is 5.82 Å². The maximum Gasteiger partial charge on any atom is 0.252 e. The summed E-state index contributed by atoms with van der Waals surface area (Å²) < 4.78 is 16.6. The van der Waals surface area contributed by atoms with Crippen LogP contribution in [0.1, 0.15) is 36.0 Å². The van der Waals surface area contributed by atoms with Gasteiger partial charge in [-0.25, -0.2) is 14.4 Å². The molecule has 1 amide bonds. The zero-order valence-electron chi connectivity index (χ0n) is 18.5. The van der Waals surface area contributed by atoms with Gasteiger partial charge in [-0.1, -0.05) is 43.2 Å². The maximum absolute atomic E-state index is 14.8. The number of imidazole rings is 1. The van der Waals surface area contributed by atoms with Crippen molar-refractivity contribution in [2.75, 3.05) is 10.6 Å². The molecule has 3 heterocycles. The second-order valence-corrected chi connectivity index (χ2v) is 8.58. The number of fused-ring (bicyclic) bond motifs is 1. The number of nitrogens with two attached hydrogens (primary N) is 2. The molecule has 34 heavy (non-hydrogen) atoms. The van der Waals surface area contributed by atoms with Crippen molar-refractivity contribution in [1.82, 2.24) is 14.4 Å². The van der Waals surface area contributed by atoms with E-state index in [4.69, 9.17) is 11.5 Å². The highest BCUT2D eigenvalue weighted by Gasteiger charge is 2.24. The first-order chi connectivity index (χ1) is 16.5. The first-order valence-corrected chi connectivity index (χ1v) is 11.3. The molecular weight excluding hydrogens is 433 g/mol. The summed E-state index contributed by atoms with van der Waals surface area (Å²) in [5.41, 5.74) is 14.9. The van der Waals surface area contributed by atoms with E-state index in [-0.39, 0.29) is 29.3 Å². The molecule has 174 valence electrons. The van der Waals surface area contributed by atoms with Crippen molar-refractivity contribution in [2.45, 2.75) is 37.8 Å². The van der Waals surface area contributed by atoms with E-state index in [2.05, 4.69) is 20.6 Å². The molecule has 2 atom stereocenters. The van der Waals surface area contributed by atoms with Gasteiger partial charge in [0.1, 0.15) is 11.5 Å². The number of pyridine rings is 2. The van der Waals surface area contributed by atoms with Crippen LogP contribution < -0.4 is 22.1 Å². The van der Waals surface area contributed by atoms with Gasteiger partial charge in [-0.3, -0.25) is 4.79 Å². The zero-order valence-corrected chi connectivity index (χ0v) is 18.5. The van der Waals surface area contributed by atoms with Crippen molar-refractivity contribution >= 4 is 28.9 Å². The first kappa shape index (κ1) is 21.8. The molecule has 1 aliphatic rings. The fourth-order valence-electron chi connectivity index (χ4n) is 4.34. The molecule has 6 N–H and O–H groups in total. The largest absolute Gasteiger partial charge is 0.365 e. The molecule has 1 saturated carbocycles. The molecule has 1 aliphatic carbocycles. The van der Waals surface area contributed by atoms with E-state index >= 15 is 0 Å². The quantitative estimate of drug-likeness (QED) is 0.345. The lowest BCUT2D eigenvalue weighted by Gasteiger charge is -2.30. The number of carbonyl (C=O) groups excluding carboxylic acids is 1. The van der Waals surface area contributed by atoms with Crippen LogP contribution in [0.4, 0.5) is 21.7 Å². The van der Waals surface area contributed by atoms with Gasteiger partial charge in [0, 0.05) is 30.0 Å². The van der Waals surface area contributed by atoms with Crippen LogP contribution in [0.25, 0.3) is 16.9 Å². The molecule has 0 radical (unpaired) electrons. The van der Waals surface area contributed by atoms with Gasteiger partial charge in [-0.2, -0.15) is 0 Å². The molecule has 3 aromatic heterocycles. The van der Waals surface area contributed by atoms with Gasteiger partial charge in [-0.05, 0) is 31.0 Å². The number of amides is 1. The first-order valence-electron chi connectivity index (χ1n) is 11.3. The summed E-state index contributed by atoms with van der Waals surface area (Å²) >= 11 is 0. The topological polar surface area (TPSA) is 123 Å². The molecule has 1 aromatic carbocycles. The SMILES string of the molecule is NC(=O)c1cc(F)c(N[C@@H]2CCCC[C@@H]2N)nc1Nc1ccc2nc(-c3ccccc3)cn2c1. The lowest BCUT2D eigenvalue weighted by Crippen LogP contribution is -2.43. The summed E-state index contributed by atoms with van der Waals surface area (Å²) in [5, 5.41) is 6.24. The van der Waals surface area contributed by atoms with Crippen LogP contribution in [-0.4, -0.2) is 32.4 Å². The van der Waals surface area contributed by atoms with E-state index in [1.54, 1.807) is 0 Å². The summed E-state index contributed by atoms with van der Waals surface area (Å²) in [6.45, 7) is 0. The van der Waals surface area contributed by atoms with Crippen molar-refractivity contribution < 1.29 is 9.18 Å². The number of benzene rings is 1.